The third-order valence-electron chi connectivity index (χ3n) is 4.00. The van der Waals surface area contributed by atoms with Crippen LogP contribution in [0.3, 0.4) is 0 Å². The van der Waals surface area contributed by atoms with Crippen LogP contribution in [0.2, 0.25) is 0 Å². The summed E-state index contributed by atoms with van der Waals surface area (Å²) in [6.07, 6.45) is 0.449. The third kappa shape index (κ3) is 5.63. The summed E-state index contributed by atoms with van der Waals surface area (Å²) in [6, 6.07) is 12.0. The van der Waals surface area contributed by atoms with Crippen LogP contribution in [0.5, 0.6) is 0 Å². The fourth-order valence-corrected chi connectivity index (χ4v) is 3.68. The lowest BCUT2D eigenvalue weighted by atomic mass is 10.1. The minimum atomic E-state index is -3.64. The van der Waals surface area contributed by atoms with Crippen LogP contribution in [0.15, 0.2) is 53.4 Å². The molecule has 0 heterocycles. The number of hydrogen-bond donors (Lipinski definition) is 3. The molecule has 0 aromatic heterocycles. The van der Waals surface area contributed by atoms with Gasteiger partial charge in [0, 0.05) is 17.3 Å². The first-order valence-electron chi connectivity index (χ1n) is 8.46. The maximum atomic E-state index is 12.4. The van der Waals surface area contributed by atoms with E-state index < -0.39 is 21.9 Å². The maximum Gasteiger partial charge on any atom is 0.307 e. The Morgan fingerprint density at radius 1 is 1.07 bits per heavy atom. The topological polar surface area (TPSA) is 113 Å². The highest BCUT2D eigenvalue weighted by Crippen LogP contribution is 2.18. The number of para-hydroxylation sites is 1. The van der Waals surface area contributed by atoms with Gasteiger partial charge in [0.05, 0.1) is 11.3 Å². The highest BCUT2D eigenvalue weighted by molar-refractivity contribution is 7.89. The molecule has 1 amide bonds. The van der Waals surface area contributed by atoms with Gasteiger partial charge >= 0.3 is 5.97 Å². The third-order valence-corrected chi connectivity index (χ3v) is 5.61. The Bertz CT molecular complexity index is 923. The lowest BCUT2D eigenvalue weighted by molar-refractivity contribution is -0.136. The number of carboxylic acid groups (broad SMARTS) is 1. The van der Waals surface area contributed by atoms with Gasteiger partial charge in [0.1, 0.15) is 0 Å². The molecule has 0 aliphatic carbocycles. The molecule has 8 heteroatoms. The second kappa shape index (κ2) is 8.79. The van der Waals surface area contributed by atoms with Crippen molar-refractivity contribution >= 4 is 27.6 Å². The van der Waals surface area contributed by atoms with Crippen molar-refractivity contribution in [1.82, 2.24) is 4.72 Å². The van der Waals surface area contributed by atoms with Crippen LogP contribution in [0.4, 0.5) is 5.69 Å². The molecule has 7 nitrogen and oxygen atoms in total. The fourth-order valence-electron chi connectivity index (χ4n) is 2.36. The highest BCUT2D eigenvalue weighted by Gasteiger charge is 2.17. The molecule has 27 heavy (non-hydrogen) atoms. The van der Waals surface area contributed by atoms with Crippen molar-refractivity contribution in [2.45, 2.75) is 37.6 Å². The maximum absolute atomic E-state index is 12.4. The first kappa shape index (κ1) is 20.6. The van der Waals surface area contributed by atoms with Gasteiger partial charge in [-0.1, -0.05) is 25.1 Å². The van der Waals surface area contributed by atoms with Crippen LogP contribution < -0.4 is 10.0 Å². The molecule has 0 saturated heterocycles. The number of amides is 1. The van der Waals surface area contributed by atoms with E-state index >= 15 is 0 Å². The highest BCUT2D eigenvalue weighted by atomic mass is 32.2. The zero-order chi connectivity index (χ0) is 20.0. The molecule has 0 radical (unpaired) electrons. The van der Waals surface area contributed by atoms with Gasteiger partial charge in [0.2, 0.25) is 10.0 Å². The van der Waals surface area contributed by atoms with E-state index in [4.69, 9.17) is 5.11 Å². The van der Waals surface area contributed by atoms with E-state index in [0.717, 1.165) is 0 Å². The number of rotatable bonds is 8. The second-order valence-corrected chi connectivity index (χ2v) is 7.85. The monoisotopic (exact) mass is 390 g/mol. The van der Waals surface area contributed by atoms with Crippen molar-refractivity contribution < 1.29 is 23.1 Å². The van der Waals surface area contributed by atoms with Gasteiger partial charge in [-0.2, -0.15) is 0 Å². The van der Waals surface area contributed by atoms with Crippen LogP contribution in [0, 0.1) is 0 Å². The summed E-state index contributed by atoms with van der Waals surface area (Å²) in [5, 5.41) is 11.6. The zero-order valence-corrected chi connectivity index (χ0v) is 15.9. The van der Waals surface area contributed by atoms with Crippen LogP contribution >= 0.6 is 0 Å². The molecule has 2 rings (SSSR count). The van der Waals surface area contributed by atoms with E-state index in [1.807, 2.05) is 6.92 Å². The van der Waals surface area contributed by atoms with E-state index in [1.54, 1.807) is 31.2 Å². The van der Waals surface area contributed by atoms with Crippen molar-refractivity contribution in [3.63, 3.8) is 0 Å². The second-order valence-electron chi connectivity index (χ2n) is 6.14. The van der Waals surface area contributed by atoms with Gasteiger partial charge in [0.15, 0.2) is 0 Å². The summed E-state index contributed by atoms with van der Waals surface area (Å²) in [7, 11) is -3.64. The summed E-state index contributed by atoms with van der Waals surface area (Å²) in [5.74, 6) is -1.45. The van der Waals surface area contributed by atoms with E-state index in [0.29, 0.717) is 17.7 Å². The van der Waals surface area contributed by atoms with E-state index in [2.05, 4.69) is 10.0 Å². The van der Waals surface area contributed by atoms with Crippen molar-refractivity contribution in [3.8, 4) is 0 Å². The standard InChI is InChI=1S/C19H22N2O5S/c1-3-13(2)21-27(25,26)16-10-8-14(9-11-16)19(24)20-17-7-5-4-6-15(17)12-18(22)23/h4-11,13,21H,3,12H2,1-2H3,(H,20,24)(H,22,23). The number of carbonyl (C=O) groups excluding carboxylic acids is 1. The van der Waals surface area contributed by atoms with E-state index in [9.17, 15) is 18.0 Å². The predicted octanol–water partition coefficient (Wildman–Crippen LogP) is 2.64. The summed E-state index contributed by atoms with van der Waals surface area (Å²) < 4.78 is 27.1. The van der Waals surface area contributed by atoms with Crippen molar-refractivity contribution in [3.05, 3.63) is 59.7 Å². The molecule has 0 aliphatic heterocycles. The fraction of sp³-hybridized carbons (Fsp3) is 0.263. The van der Waals surface area contributed by atoms with Crippen LogP contribution in [0.1, 0.15) is 36.2 Å². The van der Waals surface area contributed by atoms with Crippen LogP contribution in [-0.2, 0) is 21.2 Å². The van der Waals surface area contributed by atoms with E-state index in [-0.39, 0.29) is 22.9 Å². The largest absolute Gasteiger partial charge is 0.481 e. The SMILES string of the molecule is CCC(C)NS(=O)(=O)c1ccc(C(=O)Nc2ccccc2CC(=O)O)cc1. The predicted molar refractivity (Wildman–Crippen MR) is 102 cm³/mol. The summed E-state index contributed by atoms with van der Waals surface area (Å²) >= 11 is 0. The average molecular weight is 390 g/mol. The number of nitrogens with one attached hydrogen (secondary N) is 2. The number of aliphatic carboxylic acids is 1. The molecule has 1 atom stereocenters. The average Bonchev–Trinajstić information content (AvgIpc) is 2.62. The molecule has 1 unspecified atom stereocenters. The molecule has 0 saturated carbocycles. The summed E-state index contributed by atoms with van der Waals surface area (Å²) in [6.45, 7) is 3.65. The molecule has 0 fully saturated rings. The van der Waals surface area contributed by atoms with Gasteiger partial charge in [0.25, 0.3) is 5.91 Å². The van der Waals surface area contributed by atoms with Gasteiger partial charge in [-0.15, -0.1) is 0 Å². The number of sulfonamides is 1. The van der Waals surface area contributed by atoms with Crippen LogP contribution in [0.25, 0.3) is 0 Å². The molecule has 144 valence electrons. The quantitative estimate of drug-likeness (QED) is 0.641. The minimum Gasteiger partial charge on any atom is -0.481 e. The number of carboxylic acids is 1. The smallest absolute Gasteiger partial charge is 0.307 e. The Balaban J connectivity index is 2.16. The lowest BCUT2D eigenvalue weighted by Crippen LogP contribution is -2.32. The molecule has 3 N–H and O–H groups in total. The molecule has 0 bridgehead atoms. The van der Waals surface area contributed by atoms with Gasteiger partial charge in [-0.25, -0.2) is 13.1 Å². The molecular weight excluding hydrogens is 368 g/mol. The van der Waals surface area contributed by atoms with Crippen molar-refractivity contribution in [2.24, 2.45) is 0 Å². The lowest BCUT2D eigenvalue weighted by Gasteiger charge is -2.13. The van der Waals surface area contributed by atoms with E-state index in [1.165, 1.54) is 24.3 Å². The van der Waals surface area contributed by atoms with Crippen molar-refractivity contribution in [2.75, 3.05) is 5.32 Å². The molecule has 2 aromatic rings. The van der Waals surface area contributed by atoms with Gasteiger partial charge < -0.3 is 10.4 Å². The normalized spacial score (nSPS) is 12.4. The summed E-state index contributed by atoms with van der Waals surface area (Å²) in [4.78, 5) is 23.4. The van der Waals surface area contributed by atoms with Crippen molar-refractivity contribution in [1.29, 1.82) is 0 Å². The Morgan fingerprint density at radius 3 is 2.30 bits per heavy atom. The Kier molecular flexibility index (Phi) is 6.70. The molecule has 0 spiro atoms. The minimum absolute atomic E-state index is 0.0747. The Hall–Kier alpha value is -2.71. The number of hydrogen-bond acceptors (Lipinski definition) is 4. The number of anilines is 1. The number of benzene rings is 2. The van der Waals surface area contributed by atoms with Gasteiger partial charge in [-0.3, -0.25) is 9.59 Å². The first-order valence-corrected chi connectivity index (χ1v) is 9.94. The number of carbonyl (C=O) groups is 2. The Labute approximate surface area is 158 Å². The molecular formula is C19H22N2O5S. The molecule has 2 aromatic carbocycles. The first-order chi connectivity index (χ1) is 12.7. The summed E-state index contributed by atoms with van der Waals surface area (Å²) in [5.41, 5.74) is 1.15. The van der Waals surface area contributed by atoms with Crippen LogP contribution in [-0.4, -0.2) is 31.4 Å². The molecule has 0 aliphatic rings. The van der Waals surface area contributed by atoms with Gasteiger partial charge in [-0.05, 0) is 49.2 Å². The zero-order valence-electron chi connectivity index (χ0n) is 15.1. The Morgan fingerprint density at radius 2 is 1.70 bits per heavy atom.